The summed E-state index contributed by atoms with van der Waals surface area (Å²) in [6.07, 6.45) is 9.33. The third-order valence-corrected chi connectivity index (χ3v) is 3.78. The van der Waals surface area contributed by atoms with Crippen molar-refractivity contribution in [3.63, 3.8) is 0 Å². The van der Waals surface area contributed by atoms with Gasteiger partial charge in [0.2, 0.25) is 0 Å². The number of halogens is 1. The number of hydrogen-bond donors (Lipinski definition) is 1. The smallest absolute Gasteiger partial charge is 0.130 e. The van der Waals surface area contributed by atoms with Gasteiger partial charge in [-0.05, 0) is 32.9 Å². The molecule has 1 saturated carbocycles. The summed E-state index contributed by atoms with van der Waals surface area (Å²) in [5.74, 6) is 0. The lowest BCUT2D eigenvalue weighted by molar-refractivity contribution is 0.329. The van der Waals surface area contributed by atoms with E-state index in [0.29, 0.717) is 6.04 Å². The van der Waals surface area contributed by atoms with E-state index in [-0.39, 0.29) is 0 Å². The molecular formula is C12H20ClN3. The van der Waals surface area contributed by atoms with E-state index in [1.807, 2.05) is 17.9 Å². The first-order chi connectivity index (χ1) is 7.83. The van der Waals surface area contributed by atoms with Crippen LogP contribution in [0.3, 0.4) is 0 Å². The fourth-order valence-electron chi connectivity index (χ4n) is 2.39. The maximum Gasteiger partial charge on any atom is 0.130 e. The number of nitrogens with one attached hydrogen (secondary N) is 1. The summed E-state index contributed by atoms with van der Waals surface area (Å²) >= 11 is 6.37. The van der Waals surface area contributed by atoms with Crippen molar-refractivity contribution in [3.05, 3.63) is 16.9 Å². The zero-order valence-electron chi connectivity index (χ0n) is 9.88. The average molecular weight is 242 g/mol. The van der Waals surface area contributed by atoms with Crippen molar-refractivity contribution in [2.45, 2.75) is 44.6 Å². The molecule has 0 amide bonds. The lowest BCUT2D eigenvalue weighted by Crippen LogP contribution is -2.14. The van der Waals surface area contributed by atoms with Crippen molar-refractivity contribution in [3.8, 4) is 0 Å². The molecule has 0 aromatic carbocycles. The van der Waals surface area contributed by atoms with Gasteiger partial charge in [0.1, 0.15) is 5.15 Å². The first-order valence-corrected chi connectivity index (χ1v) is 6.57. The minimum Gasteiger partial charge on any atom is -0.319 e. The summed E-state index contributed by atoms with van der Waals surface area (Å²) in [7, 11) is 1.96. The fourth-order valence-corrected chi connectivity index (χ4v) is 2.72. The third-order valence-electron chi connectivity index (χ3n) is 3.37. The van der Waals surface area contributed by atoms with Crippen LogP contribution in [-0.2, 0) is 6.42 Å². The Bertz CT molecular complexity index is 329. The number of aromatic nitrogens is 2. The first kappa shape index (κ1) is 11.9. The zero-order chi connectivity index (χ0) is 11.4. The van der Waals surface area contributed by atoms with Gasteiger partial charge in [-0.3, -0.25) is 4.68 Å². The van der Waals surface area contributed by atoms with Crippen molar-refractivity contribution < 1.29 is 0 Å². The topological polar surface area (TPSA) is 29.9 Å². The zero-order valence-corrected chi connectivity index (χ0v) is 10.6. The molecule has 0 atom stereocenters. The SMILES string of the molecule is CNCCc1cnn(C2CCCCC2)c1Cl. The molecule has 3 nitrogen and oxygen atoms in total. The largest absolute Gasteiger partial charge is 0.319 e. The molecule has 90 valence electrons. The molecule has 1 fully saturated rings. The summed E-state index contributed by atoms with van der Waals surface area (Å²) in [5, 5.41) is 8.43. The highest BCUT2D eigenvalue weighted by Gasteiger charge is 2.19. The van der Waals surface area contributed by atoms with Crippen LogP contribution in [0, 0.1) is 0 Å². The van der Waals surface area contributed by atoms with Crippen molar-refractivity contribution in [2.24, 2.45) is 0 Å². The summed E-state index contributed by atoms with van der Waals surface area (Å²) in [6.45, 7) is 0.954. The van der Waals surface area contributed by atoms with Crippen molar-refractivity contribution in [1.29, 1.82) is 0 Å². The Kier molecular flexibility index (Phi) is 4.24. The van der Waals surface area contributed by atoms with Crippen molar-refractivity contribution >= 4 is 11.6 Å². The van der Waals surface area contributed by atoms with Crippen LogP contribution in [0.15, 0.2) is 6.20 Å². The molecule has 1 heterocycles. The number of hydrogen-bond acceptors (Lipinski definition) is 2. The summed E-state index contributed by atoms with van der Waals surface area (Å²) < 4.78 is 2.03. The molecule has 2 rings (SSSR count). The summed E-state index contributed by atoms with van der Waals surface area (Å²) in [4.78, 5) is 0. The molecule has 1 aromatic heterocycles. The van der Waals surface area contributed by atoms with Crippen molar-refractivity contribution in [1.82, 2.24) is 15.1 Å². The van der Waals surface area contributed by atoms with Crippen LogP contribution in [0.2, 0.25) is 5.15 Å². The van der Waals surface area contributed by atoms with Gasteiger partial charge in [-0.2, -0.15) is 5.10 Å². The van der Waals surface area contributed by atoms with E-state index in [1.165, 1.54) is 37.7 Å². The van der Waals surface area contributed by atoms with Crippen LogP contribution in [0.4, 0.5) is 0 Å². The van der Waals surface area contributed by atoms with Gasteiger partial charge in [-0.25, -0.2) is 0 Å². The van der Waals surface area contributed by atoms with Gasteiger partial charge in [-0.15, -0.1) is 0 Å². The Morgan fingerprint density at radius 3 is 2.88 bits per heavy atom. The molecule has 0 aliphatic heterocycles. The molecule has 0 saturated heterocycles. The maximum absolute atomic E-state index is 6.37. The van der Waals surface area contributed by atoms with Gasteiger partial charge in [0, 0.05) is 5.56 Å². The van der Waals surface area contributed by atoms with Gasteiger partial charge < -0.3 is 5.32 Å². The molecule has 0 spiro atoms. The minimum absolute atomic E-state index is 0.532. The Morgan fingerprint density at radius 1 is 1.44 bits per heavy atom. The van der Waals surface area contributed by atoms with E-state index in [9.17, 15) is 0 Å². The summed E-state index contributed by atoms with van der Waals surface area (Å²) in [5.41, 5.74) is 1.17. The van der Waals surface area contributed by atoms with Crippen LogP contribution < -0.4 is 5.32 Å². The normalized spacial score (nSPS) is 17.9. The van der Waals surface area contributed by atoms with E-state index in [4.69, 9.17) is 11.6 Å². The molecular weight excluding hydrogens is 222 g/mol. The molecule has 1 aliphatic carbocycles. The van der Waals surface area contributed by atoms with E-state index in [0.717, 1.165) is 18.1 Å². The monoisotopic (exact) mass is 241 g/mol. The molecule has 1 aliphatic rings. The lowest BCUT2D eigenvalue weighted by Gasteiger charge is -2.22. The van der Waals surface area contributed by atoms with Crippen LogP contribution in [0.1, 0.15) is 43.7 Å². The van der Waals surface area contributed by atoms with Gasteiger partial charge in [-0.1, -0.05) is 30.9 Å². The van der Waals surface area contributed by atoms with E-state index in [1.54, 1.807) is 0 Å². The molecule has 16 heavy (non-hydrogen) atoms. The van der Waals surface area contributed by atoms with Crippen LogP contribution in [0.25, 0.3) is 0 Å². The van der Waals surface area contributed by atoms with Crippen LogP contribution in [0.5, 0.6) is 0 Å². The highest BCUT2D eigenvalue weighted by Crippen LogP contribution is 2.31. The number of nitrogens with zero attached hydrogens (tertiary/aromatic N) is 2. The Morgan fingerprint density at radius 2 is 2.19 bits per heavy atom. The predicted molar refractivity (Wildman–Crippen MR) is 67.0 cm³/mol. The number of rotatable bonds is 4. The van der Waals surface area contributed by atoms with Crippen molar-refractivity contribution in [2.75, 3.05) is 13.6 Å². The second-order valence-corrected chi connectivity index (χ2v) is 4.91. The minimum atomic E-state index is 0.532. The molecule has 0 radical (unpaired) electrons. The quantitative estimate of drug-likeness (QED) is 0.879. The third kappa shape index (κ3) is 2.58. The molecule has 0 bridgehead atoms. The Balaban J connectivity index is 2.06. The first-order valence-electron chi connectivity index (χ1n) is 6.19. The number of likely N-dealkylation sites (N-methyl/N-ethyl adjacent to an activating group) is 1. The second kappa shape index (κ2) is 5.69. The van der Waals surface area contributed by atoms with Crippen LogP contribution in [-0.4, -0.2) is 23.4 Å². The molecule has 1 N–H and O–H groups in total. The van der Waals surface area contributed by atoms with E-state index in [2.05, 4.69) is 10.4 Å². The molecule has 4 heteroatoms. The standard InChI is InChI=1S/C12H20ClN3/c1-14-8-7-10-9-15-16(12(10)13)11-5-3-2-4-6-11/h9,11,14H,2-8H2,1H3. The van der Waals surface area contributed by atoms with Gasteiger partial charge >= 0.3 is 0 Å². The molecule has 0 unspecified atom stereocenters. The van der Waals surface area contributed by atoms with Gasteiger partial charge in [0.05, 0.1) is 12.2 Å². The maximum atomic E-state index is 6.37. The Labute approximate surface area is 102 Å². The predicted octanol–water partition coefficient (Wildman–Crippen LogP) is 2.80. The molecule has 1 aromatic rings. The average Bonchev–Trinajstić information content (AvgIpc) is 2.69. The van der Waals surface area contributed by atoms with Crippen LogP contribution >= 0.6 is 11.6 Å². The Hall–Kier alpha value is -0.540. The van der Waals surface area contributed by atoms with E-state index >= 15 is 0 Å². The van der Waals surface area contributed by atoms with Gasteiger partial charge in [0.25, 0.3) is 0 Å². The van der Waals surface area contributed by atoms with E-state index < -0.39 is 0 Å². The van der Waals surface area contributed by atoms with Gasteiger partial charge in [0.15, 0.2) is 0 Å². The fraction of sp³-hybridized carbons (Fsp3) is 0.750. The second-order valence-electron chi connectivity index (χ2n) is 4.55. The lowest BCUT2D eigenvalue weighted by atomic mass is 9.96. The highest BCUT2D eigenvalue weighted by atomic mass is 35.5. The summed E-state index contributed by atoms with van der Waals surface area (Å²) in [6, 6.07) is 0.532. The highest BCUT2D eigenvalue weighted by molar-refractivity contribution is 6.30.